The van der Waals surface area contributed by atoms with Crippen molar-refractivity contribution in [1.29, 1.82) is 0 Å². The Morgan fingerprint density at radius 1 is 0.812 bits per heavy atom. The molecule has 0 N–H and O–H groups in total. The van der Waals surface area contributed by atoms with E-state index in [0.717, 1.165) is 6.29 Å². The number of rotatable bonds is 1. The summed E-state index contributed by atoms with van der Waals surface area (Å²) < 4.78 is 0. The van der Waals surface area contributed by atoms with Crippen LogP contribution in [-0.2, 0) is 4.79 Å². The van der Waals surface area contributed by atoms with Crippen molar-refractivity contribution in [3.8, 4) is 11.1 Å². The SMILES string of the molecule is CC=O.Cc1ccc(-c2ccccc2)cc1. The van der Waals surface area contributed by atoms with E-state index in [1.54, 1.807) is 0 Å². The fourth-order valence-electron chi connectivity index (χ4n) is 1.38. The number of hydrogen-bond acceptors (Lipinski definition) is 1. The van der Waals surface area contributed by atoms with Crippen molar-refractivity contribution in [3.05, 3.63) is 60.2 Å². The molecule has 0 aromatic heterocycles. The maximum atomic E-state index is 8.81. The van der Waals surface area contributed by atoms with Crippen molar-refractivity contribution in [1.82, 2.24) is 0 Å². The van der Waals surface area contributed by atoms with E-state index in [0.29, 0.717) is 0 Å². The first-order chi connectivity index (χ1) is 7.77. The fraction of sp³-hybridized carbons (Fsp3) is 0.133. The van der Waals surface area contributed by atoms with Gasteiger partial charge in [0.1, 0.15) is 6.29 Å². The van der Waals surface area contributed by atoms with Crippen molar-refractivity contribution in [2.75, 3.05) is 0 Å². The van der Waals surface area contributed by atoms with Gasteiger partial charge in [-0.15, -0.1) is 0 Å². The Kier molecular flexibility index (Phi) is 5.00. The van der Waals surface area contributed by atoms with Gasteiger partial charge in [0.15, 0.2) is 0 Å². The van der Waals surface area contributed by atoms with Gasteiger partial charge in [-0.3, -0.25) is 0 Å². The normalized spacial score (nSPS) is 8.88. The van der Waals surface area contributed by atoms with Crippen LogP contribution in [0, 0.1) is 6.92 Å². The number of carbonyl (C=O) groups is 1. The lowest BCUT2D eigenvalue weighted by atomic mass is 10.0. The lowest BCUT2D eigenvalue weighted by Crippen LogP contribution is -1.76. The molecule has 2 rings (SSSR count). The highest BCUT2D eigenvalue weighted by Crippen LogP contribution is 2.18. The third-order valence-electron chi connectivity index (χ3n) is 2.16. The molecule has 1 nitrogen and oxygen atoms in total. The van der Waals surface area contributed by atoms with Gasteiger partial charge in [-0.1, -0.05) is 60.2 Å². The molecule has 0 saturated carbocycles. The second-order valence-electron chi connectivity index (χ2n) is 3.47. The second kappa shape index (κ2) is 6.57. The minimum Gasteiger partial charge on any atom is -0.304 e. The lowest BCUT2D eigenvalue weighted by molar-refractivity contribution is -0.106. The Hall–Kier alpha value is -1.89. The molecule has 16 heavy (non-hydrogen) atoms. The number of aldehydes is 1. The van der Waals surface area contributed by atoms with Gasteiger partial charge >= 0.3 is 0 Å². The van der Waals surface area contributed by atoms with Crippen molar-refractivity contribution in [2.24, 2.45) is 0 Å². The first-order valence-corrected chi connectivity index (χ1v) is 5.30. The zero-order chi connectivity index (χ0) is 11.8. The van der Waals surface area contributed by atoms with E-state index < -0.39 is 0 Å². The Morgan fingerprint density at radius 2 is 1.25 bits per heavy atom. The zero-order valence-corrected chi connectivity index (χ0v) is 9.68. The molecule has 0 spiro atoms. The number of hydrogen-bond donors (Lipinski definition) is 0. The van der Waals surface area contributed by atoms with Crippen LogP contribution in [0.5, 0.6) is 0 Å². The lowest BCUT2D eigenvalue weighted by Gasteiger charge is -2.00. The Morgan fingerprint density at radius 3 is 1.75 bits per heavy atom. The van der Waals surface area contributed by atoms with Crippen LogP contribution >= 0.6 is 0 Å². The number of carbonyl (C=O) groups excluding carboxylic acids is 1. The van der Waals surface area contributed by atoms with E-state index in [2.05, 4.69) is 55.5 Å². The molecule has 0 heterocycles. The molecule has 0 radical (unpaired) electrons. The maximum absolute atomic E-state index is 8.81. The fourth-order valence-corrected chi connectivity index (χ4v) is 1.38. The van der Waals surface area contributed by atoms with Crippen LogP contribution in [0.4, 0.5) is 0 Å². The van der Waals surface area contributed by atoms with Gasteiger partial charge in [-0.25, -0.2) is 0 Å². The quantitative estimate of drug-likeness (QED) is 0.656. The van der Waals surface area contributed by atoms with E-state index in [1.807, 2.05) is 6.07 Å². The van der Waals surface area contributed by atoms with Gasteiger partial charge < -0.3 is 4.79 Å². The molecule has 0 bridgehead atoms. The molecular formula is C15H16O. The molecule has 82 valence electrons. The molecule has 0 unspecified atom stereocenters. The summed E-state index contributed by atoms with van der Waals surface area (Å²) in [5.74, 6) is 0. The molecule has 0 amide bonds. The van der Waals surface area contributed by atoms with Crippen LogP contribution in [0.15, 0.2) is 54.6 Å². The highest BCUT2D eigenvalue weighted by atomic mass is 16.1. The zero-order valence-electron chi connectivity index (χ0n) is 9.68. The Labute approximate surface area is 96.8 Å². The molecule has 0 aliphatic heterocycles. The van der Waals surface area contributed by atoms with Crippen LogP contribution in [0.1, 0.15) is 12.5 Å². The molecule has 0 fully saturated rings. The molecule has 1 heteroatoms. The number of benzene rings is 2. The van der Waals surface area contributed by atoms with E-state index in [1.165, 1.54) is 23.6 Å². The summed E-state index contributed by atoms with van der Waals surface area (Å²) in [6.45, 7) is 3.55. The van der Waals surface area contributed by atoms with Gasteiger partial charge in [-0.2, -0.15) is 0 Å². The van der Waals surface area contributed by atoms with Crippen molar-refractivity contribution in [3.63, 3.8) is 0 Å². The summed E-state index contributed by atoms with van der Waals surface area (Å²) in [6, 6.07) is 19.0. The van der Waals surface area contributed by atoms with Crippen LogP contribution in [0.2, 0.25) is 0 Å². The second-order valence-corrected chi connectivity index (χ2v) is 3.47. The summed E-state index contributed by atoms with van der Waals surface area (Å²) in [6.07, 6.45) is 0.750. The van der Waals surface area contributed by atoms with E-state index in [4.69, 9.17) is 4.79 Å². The largest absolute Gasteiger partial charge is 0.304 e. The van der Waals surface area contributed by atoms with Crippen LogP contribution in [-0.4, -0.2) is 6.29 Å². The third-order valence-corrected chi connectivity index (χ3v) is 2.16. The average molecular weight is 212 g/mol. The van der Waals surface area contributed by atoms with Gasteiger partial charge in [0.25, 0.3) is 0 Å². The van der Waals surface area contributed by atoms with E-state index in [9.17, 15) is 0 Å². The third kappa shape index (κ3) is 3.70. The molecule has 2 aromatic carbocycles. The highest BCUT2D eigenvalue weighted by molar-refractivity contribution is 5.63. The van der Waals surface area contributed by atoms with Crippen LogP contribution in [0.3, 0.4) is 0 Å². The van der Waals surface area contributed by atoms with Gasteiger partial charge in [0.2, 0.25) is 0 Å². The first-order valence-electron chi connectivity index (χ1n) is 5.30. The van der Waals surface area contributed by atoms with Crippen LogP contribution < -0.4 is 0 Å². The minimum atomic E-state index is 0.750. The molecule has 0 aliphatic rings. The van der Waals surface area contributed by atoms with Gasteiger partial charge in [0.05, 0.1) is 0 Å². The summed E-state index contributed by atoms with van der Waals surface area (Å²) in [4.78, 5) is 8.81. The highest BCUT2D eigenvalue weighted by Gasteiger charge is 1.93. The molecule has 0 saturated heterocycles. The first kappa shape index (κ1) is 12.2. The number of aryl methyl sites for hydroxylation is 1. The summed E-state index contributed by atoms with van der Waals surface area (Å²) in [7, 11) is 0. The predicted octanol–water partition coefficient (Wildman–Crippen LogP) is 3.87. The summed E-state index contributed by atoms with van der Waals surface area (Å²) in [5.41, 5.74) is 3.87. The van der Waals surface area contributed by atoms with E-state index in [-0.39, 0.29) is 0 Å². The molecule has 2 aromatic rings. The van der Waals surface area contributed by atoms with Gasteiger partial charge in [0, 0.05) is 0 Å². The van der Waals surface area contributed by atoms with Crippen molar-refractivity contribution in [2.45, 2.75) is 13.8 Å². The average Bonchev–Trinajstić information content (AvgIpc) is 2.32. The molecule has 0 atom stereocenters. The Bertz CT molecular complexity index is 415. The topological polar surface area (TPSA) is 17.1 Å². The monoisotopic (exact) mass is 212 g/mol. The Balaban J connectivity index is 0.000000386. The van der Waals surface area contributed by atoms with Gasteiger partial charge in [-0.05, 0) is 25.0 Å². The van der Waals surface area contributed by atoms with Crippen LogP contribution in [0.25, 0.3) is 11.1 Å². The molecular weight excluding hydrogens is 196 g/mol. The maximum Gasteiger partial charge on any atom is 0.116 e. The molecule has 0 aliphatic carbocycles. The summed E-state index contributed by atoms with van der Waals surface area (Å²) >= 11 is 0. The van der Waals surface area contributed by atoms with Crippen molar-refractivity contribution >= 4 is 6.29 Å². The van der Waals surface area contributed by atoms with E-state index >= 15 is 0 Å². The van der Waals surface area contributed by atoms with Crippen molar-refractivity contribution < 1.29 is 4.79 Å². The predicted molar refractivity (Wildman–Crippen MR) is 68.4 cm³/mol. The standard InChI is InChI=1S/C13H12.C2H4O/c1-11-7-9-13(10-8-11)12-5-3-2-4-6-12;1-2-3/h2-10H,1H3;2H,1H3. The minimum absolute atomic E-state index is 0.750. The summed E-state index contributed by atoms with van der Waals surface area (Å²) in [5, 5.41) is 0. The smallest absolute Gasteiger partial charge is 0.116 e.